The van der Waals surface area contributed by atoms with Gasteiger partial charge in [0.1, 0.15) is 0 Å². The predicted molar refractivity (Wildman–Crippen MR) is 53.8 cm³/mol. The van der Waals surface area contributed by atoms with Crippen LogP contribution in [0.3, 0.4) is 0 Å². The molecule has 2 saturated heterocycles. The Bertz CT molecular complexity index is 186. The fourth-order valence-electron chi connectivity index (χ4n) is 3.42. The van der Waals surface area contributed by atoms with E-state index in [1.807, 2.05) is 0 Å². The van der Waals surface area contributed by atoms with Gasteiger partial charge < -0.3 is 5.32 Å². The Morgan fingerprint density at radius 2 is 1.46 bits per heavy atom. The summed E-state index contributed by atoms with van der Waals surface area (Å²) >= 11 is 0. The summed E-state index contributed by atoms with van der Waals surface area (Å²) in [7, 11) is 2.12. The second-order valence-electron chi connectivity index (χ2n) is 5.02. The molecule has 1 aliphatic carbocycles. The van der Waals surface area contributed by atoms with Crippen LogP contribution in [-0.2, 0) is 0 Å². The van der Waals surface area contributed by atoms with Gasteiger partial charge in [-0.25, -0.2) is 0 Å². The van der Waals surface area contributed by atoms with E-state index >= 15 is 0 Å². The second-order valence-corrected chi connectivity index (χ2v) is 5.02. The van der Waals surface area contributed by atoms with Crippen molar-refractivity contribution in [2.45, 2.75) is 62.7 Å². The van der Waals surface area contributed by atoms with E-state index in [9.17, 15) is 0 Å². The van der Waals surface area contributed by atoms with Gasteiger partial charge in [-0.05, 0) is 45.6 Å². The quantitative estimate of drug-likeness (QED) is 0.690. The Balaban J connectivity index is 1.73. The van der Waals surface area contributed by atoms with Gasteiger partial charge in [0.15, 0.2) is 0 Å². The van der Waals surface area contributed by atoms with Crippen molar-refractivity contribution in [3.05, 3.63) is 0 Å². The zero-order valence-electron chi connectivity index (χ0n) is 8.50. The first-order valence-corrected chi connectivity index (χ1v) is 5.83. The van der Waals surface area contributed by atoms with Gasteiger partial charge >= 0.3 is 0 Å². The average molecular weight is 180 g/mol. The smallest absolute Gasteiger partial charge is 0.0116 e. The Morgan fingerprint density at radius 1 is 0.923 bits per heavy atom. The molecule has 13 heavy (non-hydrogen) atoms. The lowest BCUT2D eigenvalue weighted by molar-refractivity contribution is 0.111. The molecule has 1 saturated carbocycles. The summed E-state index contributed by atoms with van der Waals surface area (Å²) in [6.45, 7) is 0. The molecule has 1 unspecified atom stereocenters. The second kappa shape index (κ2) is 2.96. The van der Waals surface area contributed by atoms with E-state index in [2.05, 4.69) is 17.3 Å². The van der Waals surface area contributed by atoms with Gasteiger partial charge in [0.25, 0.3) is 0 Å². The number of nitrogens with one attached hydrogen (secondary N) is 1. The number of nitrogens with zero attached hydrogens (tertiary/aromatic N) is 1. The van der Waals surface area contributed by atoms with Crippen molar-refractivity contribution in [3.8, 4) is 0 Å². The minimum absolute atomic E-state index is 0.812. The number of fused-ring (bicyclic) bond motifs is 2. The van der Waals surface area contributed by atoms with Crippen LogP contribution in [-0.4, -0.2) is 36.1 Å². The highest BCUT2D eigenvalue weighted by Gasteiger charge is 2.46. The molecule has 3 aliphatic rings. The molecule has 0 aromatic rings. The molecule has 0 spiro atoms. The first kappa shape index (κ1) is 8.25. The maximum absolute atomic E-state index is 3.46. The van der Waals surface area contributed by atoms with Gasteiger partial charge in [0.2, 0.25) is 0 Å². The molecule has 3 rings (SSSR count). The maximum atomic E-state index is 3.46. The van der Waals surface area contributed by atoms with E-state index in [1.54, 1.807) is 0 Å². The molecular formula is C11H20N2. The Hall–Kier alpha value is -0.0800. The van der Waals surface area contributed by atoms with Crippen LogP contribution in [0.5, 0.6) is 0 Å². The monoisotopic (exact) mass is 180 g/mol. The van der Waals surface area contributed by atoms with E-state index in [4.69, 9.17) is 0 Å². The highest BCUT2D eigenvalue weighted by molar-refractivity contribution is 5.03. The summed E-state index contributed by atoms with van der Waals surface area (Å²) in [5, 5.41) is 3.46. The fourth-order valence-corrected chi connectivity index (χ4v) is 3.42. The number of rotatable bonds is 2. The van der Waals surface area contributed by atoms with E-state index in [0.29, 0.717) is 0 Å². The molecule has 0 radical (unpaired) electrons. The Labute approximate surface area is 80.7 Å². The highest BCUT2D eigenvalue weighted by atomic mass is 15.3. The van der Waals surface area contributed by atoms with Crippen molar-refractivity contribution < 1.29 is 0 Å². The topological polar surface area (TPSA) is 15.3 Å². The molecule has 2 heterocycles. The zero-order valence-corrected chi connectivity index (χ0v) is 8.50. The SMILES string of the molecule is CNC1C[C@H]2CC[C@@H](C1)N2C1CC1. The molecule has 3 fully saturated rings. The van der Waals surface area contributed by atoms with E-state index in [1.165, 1.54) is 38.5 Å². The molecule has 2 aliphatic heterocycles. The van der Waals surface area contributed by atoms with Gasteiger partial charge in [-0.1, -0.05) is 0 Å². The molecule has 74 valence electrons. The summed E-state index contributed by atoms with van der Waals surface area (Å²) < 4.78 is 0. The Morgan fingerprint density at radius 3 is 1.92 bits per heavy atom. The summed E-state index contributed by atoms with van der Waals surface area (Å²) in [6, 6.07) is 3.68. The van der Waals surface area contributed by atoms with Gasteiger partial charge in [0.05, 0.1) is 0 Å². The van der Waals surface area contributed by atoms with Crippen molar-refractivity contribution in [2.24, 2.45) is 0 Å². The molecule has 2 nitrogen and oxygen atoms in total. The molecule has 2 bridgehead atoms. The van der Waals surface area contributed by atoms with E-state index in [-0.39, 0.29) is 0 Å². The number of hydrogen-bond donors (Lipinski definition) is 1. The highest BCUT2D eigenvalue weighted by Crippen LogP contribution is 2.43. The van der Waals surface area contributed by atoms with Crippen LogP contribution in [0.1, 0.15) is 38.5 Å². The van der Waals surface area contributed by atoms with Crippen LogP contribution in [0.15, 0.2) is 0 Å². The lowest BCUT2D eigenvalue weighted by Crippen LogP contribution is -2.49. The lowest BCUT2D eigenvalue weighted by Gasteiger charge is -2.39. The van der Waals surface area contributed by atoms with Gasteiger partial charge in [-0.15, -0.1) is 0 Å². The standard InChI is InChI=1S/C11H20N2/c1-12-8-6-10-4-5-11(7-8)13(10)9-2-3-9/h8-12H,2-7H2,1H3/t8?,10-,11+. The third-order valence-corrected chi connectivity index (χ3v) is 4.17. The van der Waals surface area contributed by atoms with Gasteiger partial charge in [0, 0.05) is 24.2 Å². The van der Waals surface area contributed by atoms with Crippen molar-refractivity contribution in [2.75, 3.05) is 7.05 Å². The first-order chi connectivity index (χ1) is 6.38. The molecular weight excluding hydrogens is 160 g/mol. The maximum Gasteiger partial charge on any atom is 0.0116 e. The van der Waals surface area contributed by atoms with Crippen LogP contribution < -0.4 is 5.32 Å². The van der Waals surface area contributed by atoms with E-state index < -0.39 is 0 Å². The number of piperidine rings is 1. The average Bonchev–Trinajstić information content (AvgIpc) is 2.95. The lowest BCUT2D eigenvalue weighted by atomic mass is 9.97. The van der Waals surface area contributed by atoms with Crippen molar-refractivity contribution in [3.63, 3.8) is 0 Å². The van der Waals surface area contributed by atoms with Crippen molar-refractivity contribution in [1.82, 2.24) is 10.2 Å². The Kier molecular flexibility index (Phi) is 1.88. The third kappa shape index (κ3) is 1.31. The molecule has 2 heteroatoms. The minimum atomic E-state index is 0.812. The molecule has 1 N–H and O–H groups in total. The largest absolute Gasteiger partial charge is 0.317 e. The molecule has 3 atom stereocenters. The summed E-state index contributed by atoms with van der Waals surface area (Å²) in [4.78, 5) is 2.86. The van der Waals surface area contributed by atoms with E-state index in [0.717, 1.165) is 24.2 Å². The predicted octanol–water partition coefficient (Wildman–Crippen LogP) is 1.36. The number of hydrogen-bond acceptors (Lipinski definition) is 2. The molecule has 0 amide bonds. The van der Waals surface area contributed by atoms with Crippen LogP contribution >= 0.6 is 0 Å². The van der Waals surface area contributed by atoms with Crippen molar-refractivity contribution >= 4 is 0 Å². The van der Waals surface area contributed by atoms with Crippen LogP contribution in [0, 0.1) is 0 Å². The minimum Gasteiger partial charge on any atom is -0.317 e. The molecule has 0 aromatic heterocycles. The van der Waals surface area contributed by atoms with Crippen LogP contribution in [0.2, 0.25) is 0 Å². The summed E-state index contributed by atoms with van der Waals surface area (Å²) in [5.74, 6) is 0. The van der Waals surface area contributed by atoms with Crippen LogP contribution in [0.25, 0.3) is 0 Å². The summed E-state index contributed by atoms with van der Waals surface area (Å²) in [5.41, 5.74) is 0. The summed E-state index contributed by atoms with van der Waals surface area (Å²) in [6.07, 6.45) is 8.72. The fraction of sp³-hybridized carbons (Fsp3) is 1.00. The molecule has 0 aromatic carbocycles. The first-order valence-electron chi connectivity index (χ1n) is 5.83. The third-order valence-electron chi connectivity index (χ3n) is 4.17. The van der Waals surface area contributed by atoms with Crippen LogP contribution in [0.4, 0.5) is 0 Å². The van der Waals surface area contributed by atoms with Gasteiger partial charge in [-0.2, -0.15) is 0 Å². The van der Waals surface area contributed by atoms with Crippen molar-refractivity contribution in [1.29, 1.82) is 0 Å². The normalized spacial score (nSPS) is 45.5. The van der Waals surface area contributed by atoms with Gasteiger partial charge in [-0.3, -0.25) is 4.90 Å². The zero-order chi connectivity index (χ0) is 8.84.